The van der Waals surface area contributed by atoms with Gasteiger partial charge in [0, 0.05) is 39.3 Å². The van der Waals surface area contributed by atoms with Crippen molar-refractivity contribution in [3.05, 3.63) is 35.9 Å². The third kappa shape index (κ3) is 9.70. The van der Waals surface area contributed by atoms with Gasteiger partial charge in [-0.15, -0.1) is 0 Å². The van der Waals surface area contributed by atoms with E-state index < -0.39 is 0 Å². The number of aliphatic hydroxyl groups excluding tert-OH is 1. The van der Waals surface area contributed by atoms with Crippen molar-refractivity contribution in [2.45, 2.75) is 77.9 Å². The van der Waals surface area contributed by atoms with Gasteiger partial charge in [0.25, 0.3) is 0 Å². The van der Waals surface area contributed by atoms with E-state index in [1.54, 1.807) is 7.11 Å². The zero-order chi connectivity index (χ0) is 23.9. The van der Waals surface area contributed by atoms with Gasteiger partial charge in [-0.1, -0.05) is 57.5 Å². The second-order valence-electron chi connectivity index (χ2n) is 8.86. The van der Waals surface area contributed by atoms with Gasteiger partial charge in [0.15, 0.2) is 0 Å². The maximum atomic E-state index is 12.9. The molecule has 1 aliphatic heterocycles. The number of nitrogens with one attached hydrogen (secondary N) is 1. The molecule has 1 fully saturated rings. The van der Waals surface area contributed by atoms with E-state index in [-0.39, 0.29) is 29.9 Å². The second kappa shape index (κ2) is 15.8. The van der Waals surface area contributed by atoms with E-state index in [9.17, 15) is 9.59 Å². The third-order valence-corrected chi connectivity index (χ3v) is 6.42. The number of ether oxygens (including phenoxy) is 1. The van der Waals surface area contributed by atoms with Crippen LogP contribution in [0.25, 0.3) is 0 Å². The van der Waals surface area contributed by atoms with Crippen LogP contribution in [-0.2, 0) is 20.7 Å². The Labute approximate surface area is 194 Å². The molecule has 1 aromatic carbocycles. The highest BCUT2D eigenvalue weighted by Crippen LogP contribution is 2.26. The Morgan fingerprint density at radius 3 is 2.53 bits per heavy atom. The number of likely N-dealkylation sites (tertiary alicyclic amines) is 1. The molecular formula is C26H44N2O4. The van der Waals surface area contributed by atoms with E-state index in [0.29, 0.717) is 18.9 Å². The monoisotopic (exact) mass is 448 g/mol. The molecule has 1 heterocycles. The van der Waals surface area contributed by atoms with E-state index in [0.717, 1.165) is 52.2 Å². The van der Waals surface area contributed by atoms with Crippen molar-refractivity contribution < 1.29 is 19.4 Å². The number of amides is 2. The van der Waals surface area contributed by atoms with Gasteiger partial charge >= 0.3 is 0 Å². The van der Waals surface area contributed by atoms with Crippen LogP contribution in [-0.4, -0.2) is 61.3 Å². The van der Waals surface area contributed by atoms with Gasteiger partial charge < -0.3 is 20.1 Å². The molecule has 0 saturated carbocycles. The van der Waals surface area contributed by atoms with E-state index >= 15 is 0 Å². The Balaban J connectivity index is 0.00000249. The summed E-state index contributed by atoms with van der Waals surface area (Å²) in [6, 6.07) is 10.3. The van der Waals surface area contributed by atoms with Crippen molar-refractivity contribution in [1.29, 1.82) is 0 Å². The molecular weight excluding hydrogens is 404 g/mol. The molecule has 1 aliphatic rings. The molecule has 0 bridgehead atoms. The van der Waals surface area contributed by atoms with Crippen molar-refractivity contribution in [2.24, 2.45) is 11.8 Å². The van der Waals surface area contributed by atoms with Gasteiger partial charge in [0.1, 0.15) is 0 Å². The van der Waals surface area contributed by atoms with E-state index in [1.807, 2.05) is 30.0 Å². The largest absolute Gasteiger partial charge is 0.400 e. The first-order valence-corrected chi connectivity index (χ1v) is 12.0. The molecule has 2 amide bonds. The summed E-state index contributed by atoms with van der Waals surface area (Å²) in [6.07, 6.45) is 5.99. The number of methoxy groups -OCH3 is 1. The SMILES string of the molecule is CCC(C)CC(CC(=O)N1CCCC1CC(C)C(=O)NCCc1ccccc1)OC.CO. The first kappa shape index (κ1) is 28.1. The standard InChI is InChI=1S/C25H40N2O3.CH4O/c1-5-19(2)16-23(30-4)18-24(28)27-15-9-12-22(27)17-20(3)25(29)26-14-13-21-10-7-6-8-11-21;1-2/h6-8,10-11,19-20,22-23H,5,9,12-18H2,1-4H3,(H,26,29);2H,1H3. The number of aliphatic hydroxyl groups is 1. The van der Waals surface area contributed by atoms with Crippen LogP contribution in [0.2, 0.25) is 0 Å². The van der Waals surface area contributed by atoms with Gasteiger partial charge in [-0.05, 0) is 43.6 Å². The molecule has 2 N–H and O–H groups in total. The summed E-state index contributed by atoms with van der Waals surface area (Å²) in [7, 11) is 2.70. The van der Waals surface area contributed by atoms with Gasteiger partial charge in [-0.3, -0.25) is 9.59 Å². The minimum absolute atomic E-state index is 0.0209. The lowest BCUT2D eigenvalue weighted by Crippen LogP contribution is -2.40. The number of hydrogen-bond acceptors (Lipinski definition) is 4. The highest BCUT2D eigenvalue weighted by atomic mass is 16.5. The van der Waals surface area contributed by atoms with Gasteiger partial charge in [-0.2, -0.15) is 0 Å². The summed E-state index contributed by atoms with van der Waals surface area (Å²) in [5, 5.41) is 10.1. The lowest BCUT2D eigenvalue weighted by atomic mass is 9.97. The summed E-state index contributed by atoms with van der Waals surface area (Å²) in [5.74, 6) is 0.704. The van der Waals surface area contributed by atoms with Gasteiger partial charge in [-0.25, -0.2) is 0 Å². The summed E-state index contributed by atoms with van der Waals surface area (Å²) in [4.78, 5) is 27.5. The Kier molecular flexibility index (Phi) is 13.9. The van der Waals surface area contributed by atoms with Crippen LogP contribution in [0.15, 0.2) is 30.3 Å². The molecule has 0 aliphatic carbocycles. The fourth-order valence-electron chi connectivity index (χ4n) is 4.26. The Hall–Kier alpha value is -1.92. The molecule has 4 atom stereocenters. The van der Waals surface area contributed by atoms with Crippen LogP contribution in [0, 0.1) is 11.8 Å². The molecule has 0 spiro atoms. The lowest BCUT2D eigenvalue weighted by Gasteiger charge is -2.28. The maximum absolute atomic E-state index is 12.9. The van der Waals surface area contributed by atoms with Crippen LogP contribution >= 0.6 is 0 Å². The molecule has 0 aromatic heterocycles. The number of carbonyl (C=O) groups excluding carboxylic acids is 2. The highest BCUT2D eigenvalue weighted by molar-refractivity contribution is 5.79. The summed E-state index contributed by atoms with van der Waals surface area (Å²) >= 11 is 0. The van der Waals surface area contributed by atoms with E-state index in [4.69, 9.17) is 9.84 Å². The van der Waals surface area contributed by atoms with Crippen molar-refractivity contribution in [1.82, 2.24) is 10.2 Å². The zero-order valence-corrected chi connectivity index (χ0v) is 20.7. The fraction of sp³-hybridized carbons (Fsp3) is 0.692. The topological polar surface area (TPSA) is 78.9 Å². The second-order valence-corrected chi connectivity index (χ2v) is 8.86. The first-order valence-electron chi connectivity index (χ1n) is 12.0. The Morgan fingerprint density at radius 1 is 1.22 bits per heavy atom. The number of benzene rings is 1. The lowest BCUT2D eigenvalue weighted by molar-refractivity contribution is -0.136. The summed E-state index contributed by atoms with van der Waals surface area (Å²) in [5.41, 5.74) is 1.23. The molecule has 4 unspecified atom stereocenters. The number of nitrogens with zero attached hydrogens (tertiary/aromatic N) is 1. The average Bonchev–Trinajstić information content (AvgIpc) is 3.28. The van der Waals surface area contributed by atoms with E-state index in [1.165, 1.54) is 5.56 Å². The molecule has 182 valence electrons. The van der Waals surface area contributed by atoms with Crippen molar-refractivity contribution in [2.75, 3.05) is 27.3 Å². The van der Waals surface area contributed by atoms with Crippen LogP contribution in [0.5, 0.6) is 0 Å². The molecule has 2 rings (SSSR count). The molecule has 6 heteroatoms. The van der Waals surface area contributed by atoms with Crippen molar-refractivity contribution in [3.63, 3.8) is 0 Å². The quantitative estimate of drug-likeness (QED) is 0.510. The predicted octanol–water partition coefficient (Wildman–Crippen LogP) is 3.81. The minimum atomic E-state index is -0.0995. The summed E-state index contributed by atoms with van der Waals surface area (Å²) in [6.45, 7) is 7.78. The molecule has 32 heavy (non-hydrogen) atoms. The first-order chi connectivity index (χ1) is 15.4. The zero-order valence-electron chi connectivity index (χ0n) is 20.7. The minimum Gasteiger partial charge on any atom is -0.400 e. The van der Waals surface area contributed by atoms with Gasteiger partial charge in [0.05, 0.1) is 12.5 Å². The molecule has 0 radical (unpaired) electrons. The van der Waals surface area contributed by atoms with Crippen LogP contribution < -0.4 is 5.32 Å². The van der Waals surface area contributed by atoms with E-state index in [2.05, 4.69) is 31.3 Å². The number of hydrogen-bond donors (Lipinski definition) is 2. The smallest absolute Gasteiger partial charge is 0.225 e. The molecule has 1 saturated heterocycles. The highest BCUT2D eigenvalue weighted by Gasteiger charge is 2.32. The Bertz CT molecular complexity index is 652. The van der Waals surface area contributed by atoms with Crippen molar-refractivity contribution >= 4 is 11.8 Å². The molecule has 6 nitrogen and oxygen atoms in total. The average molecular weight is 449 g/mol. The normalized spacial score (nSPS) is 18.3. The van der Waals surface area contributed by atoms with Crippen LogP contribution in [0.3, 0.4) is 0 Å². The van der Waals surface area contributed by atoms with Crippen LogP contribution in [0.1, 0.15) is 64.9 Å². The molecule has 1 aromatic rings. The summed E-state index contributed by atoms with van der Waals surface area (Å²) < 4.78 is 5.58. The predicted molar refractivity (Wildman–Crippen MR) is 129 cm³/mol. The number of rotatable bonds is 12. The Morgan fingerprint density at radius 2 is 1.91 bits per heavy atom. The third-order valence-electron chi connectivity index (χ3n) is 6.42. The fourth-order valence-corrected chi connectivity index (χ4v) is 4.26. The van der Waals surface area contributed by atoms with Crippen molar-refractivity contribution in [3.8, 4) is 0 Å². The maximum Gasteiger partial charge on any atom is 0.225 e. The van der Waals surface area contributed by atoms with Crippen LogP contribution in [0.4, 0.5) is 0 Å². The number of carbonyl (C=O) groups is 2. The van der Waals surface area contributed by atoms with Gasteiger partial charge in [0.2, 0.25) is 11.8 Å².